The van der Waals surface area contributed by atoms with Crippen LogP contribution in [0, 0.1) is 0 Å². The molecule has 1 aliphatic rings. The molecule has 9 rings (SSSR count). The van der Waals surface area contributed by atoms with Crippen molar-refractivity contribution < 1.29 is 52.5 Å². The van der Waals surface area contributed by atoms with E-state index < -0.39 is 0 Å². The fourth-order valence-corrected chi connectivity index (χ4v) is 8.35. The molecule has 4 aromatic carbocycles. The van der Waals surface area contributed by atoms with Crippen LogP contribution in [-0.4, -0.2) is 143 Å². The molecular formula is C59H72N20O11. The van der Waals surface area contributed by atoms with E-state index in [1.54, 1.807) is 85.1 Å². The zero-order valence-electron chi connectivity index (χ0n) is 51.5. The molecule has 0 saturated heterocycles. The molecule has 0 bridgehead atoms. The molecule has 4 aromatic heterocycles. The second-order valence-corrected chi connectivity index (χ2v) is 18.0. The maximum Gasteiger partial charge on any atom is 0.203 e. The molecule has 0 unspecified atom stereocenters. The van der Waals surface area contributed by atoms with Crippen molar-refractivity contribution in [3.8, 4) is 40.2 Å². The van der Waals surface area contributed by atoms with Gasteiger partial charge in [-0.05, 0) is 55.0 Å². The maximum absolute atomic E-state index is 5.92. The van der Waals surface area contributed by atoms with Gasteiger partial charge in [0, 0.05) is 59.1 Å². The fraction of sp³-hybridized carbons (Fsp3) is 0.254. The number of fused-ring (bicyclic) bond motifs is 1. The van der Waals surface area contributed by atoms with E-state index in [1.807, 2.05) is 6.07 Å². The predicted octanol–water partition coefficient (Wildman–Crippen LogP) is 8.07. The number of rotatable bonds is 23. The van der Waals surface area contributed by atoms with Crippen molar-refractivity contribution in [2.75, 3.05) is 122 Å². The number of nitrogens with two attached hydrogens (primary N) is 4. The van der Waals surface area contributed by atoms with E-state index in [2.05, 4.69) is 114 Å². The van der Waals surface area contributed by atoms with Gasteiger partial charge in [-0.2, -0.15) is 0 Å². The Labute approximate surface area is 519 Å². The van der Waals surface area contributed by atoms with Gasteiger partial charge < -0.3 is 96.7 Å². The number of methoxy groups -OCH3 is 7. The number of aromatic nitrogens is 8. The number of hydrogen-bond donors (Lipinski definition) is 8. The summed E-state index contributed by atoms with van der Waals surface area (Å²) in [6.45, 7) is 0. The molecule has 0 radical (unpaired) electrons. The van der Waals surface area contributed by atoms with E-state index >= 15 is 0 Å². The number of ether oxygens (including phenoxy) is 7. The summed E-state index contributed by atoms with van der Waals surface area (Å²) in [4.78, 5) is 51.4. The number of nitrogens with one attached hydrogen (secondary N) is 4. The first-order chi connectivity index (χ1) is 43.8. The first-order valence-corrected chi connectivity index (χ1v) is 26.9. The van der Waals surface area contributed by atoms with E-state index in [4.69, 9.17) is 60.9 Å². The minimum atomic E-state index is 0.265. The van der Waals surface area contributed by atoms with Crippen LogP contribution in [0.15, 0.2) is 113 Å². The van der Waals surface area contributed by atoms with Gasteiger partial charge in [-0.1, -0.05) is 32.8 Å². The lowest BCUT2D eigenvalue weighted by molar-refractivity contribution is 0.215. The topological polar surface area (TPSA) is 406 Å². The molecule has 1 aliphatic carbocycles. The van der Waals surface area contributed by atoms with Crippen molar-refractivity contribution >= 4 is 94.2 Å². The molecule has 12 N–H and O–H groups in total. The van der Waals surface area contributed by atoms with Gasteiger partial charge in [0.15, 0.2) is 23.0 Å². The van der Waals surface area contributed by atoms with Crippen molar-refractivity contribution in [2.45, 2.75) is 25.7 Å². The van der Waals surface area contributed by atoms with Gasteiger partial charge in [-0.25, -0.2) is 39.9 Å². The average Bonchev–Trinajstić information content (AvgIpc) is 1.84. The second-order valence-electron chi connectivity index (χ2n) is 18.0. The van der Waals surface area contributed by atoms with Crippen LogP contribution in [0.25, 0.3) is 0 Å². The lowest BCUT2D eigenvalue weighted by Crippen LogP contribution is -2.09. The first kappa shape index (κ1) is 67.2. The molecule has 0 spiro atoms. The van der Waals surface area contributed by atoms with Gasteiger partial charge in [0.1, 0.15) is 112 Å². The van der Waals surface area contributed by atoms with Gasteiger partial charge >= 0.3 is 0 Å². The average molecular weight is 1240 g/mol. The van der Waals surface area contributed by atoms with Gasteiger partial charge in [-0.15, -0.1) is 0 Å². The molecule has 0 saturated carbocycles. The largest absolute Gasteiger partial charge is 0.497 e. The normalized spacial score (nSPS) is 11.3. The summed E-state index contributed by atoms with van der Waals surface area (Å²) in [5.74, 6) is 7.32. The highest BCUT2D eigenvalue weighted by molar-refractivity contribution is 5.95. The summed E-state index contributed by atoms with van der Waals surface area (Å²) in [5, 5.41) is 27.6. The molecular weight excluding hydrogens is 1160 g/mol. The van der Waals surface area contributed by atoms with E-state index in [-0.39, 0.29) is 11.6 Å². The third kappa shape index (κ3) is 18.5. The second kappa shape index (κ2) is 34.9. The number of hydrogen-bond acceptors (Lipinski definition) is 31. The standard InChI is InChI=1S/C16H19N5O.C15H19N5O4.2C14H17N5O3/c1-22-20-9-13-15(17)18-10-19-16(13)21-14-8-4-6-11-5-2-3-7-12(11)14;1-21-11-5-9(6-12(22-2)13(11)23-3)20-15-10(7-19-24-4)14(16)17-8-18-15;1-20-10-4-9(5-11(6-10)21-2)19-14-12(7-18-22-3)13(15)16-8-17-14;1-20-11-5-4-9(6-12(11)21-2)19-14-10(7-18-22-3)13(15)16-8-17-14/h4,6,8-10H,2-3,5,7H2,1H3,(H3,17,18,19,21);5-8H,1-4H3,(H3,16,17,18,20);2*4-8H,1-3H3,(H3,15,16,17,19)/b20-9+;19-7+;2*18-7+. The molecule has 474 valence electrons. The van der Waals surface area contributed by atoms with Crippen LogP contribution < -0.4 is 77.4 Å². The summed E-state index contributed by atoms with van der Waals surface area (Å²) in [6, 6.07) is 20.6. The summed E-state index contributed by atoms with van der Waals surface area (Å²) in [7, 11) is 16.7. The van der Waals surface area contributed by atoms with Crippen LogP contribution in [0.1, 0.15) is 46.2 Å². The highest BCUT2D eigenvalue weighted by Gasteiger charge is 2.18. The van der Waals surface area contributed by atoms with Crippen LogP contribution in [0.2, 0.25) is 0 Å². The molecule has 0 fully saturated rings. The van der Waals surface area contributed by atoms with E-state index in [0.717, 1.165) is 29.9 Å². The smallest absolute Gasteiger partial charge is 0.203 e. The van der Waals surface area contributed by atoms with E-state index in [0.29, 0.717) is 103 Å². The number of oxime groups is 4. The zero-order valence-corrected chi connectivity index (χ0v) is 51.5. The van der Waals surface area contributed by atoms with Crippen molar-refractivity contribution in [3.63, 3.8) is 0 Å². The SMILES string of the molecule is CO/N=C/c1c(N)ncnc1Nc1cc(OC)c(OC)c(OC)c1.CO/N=C/c1c(N)ncnc1Nc1cc(OC)cc(OC)c1.CO/N=C/c1c(N)ncnc1Nc1ccc(OC)c(OC)c1.CO/N=C/c1c(N)ncnc1Nc1cccc2c1CCCC2. The molecule has 0 aliphatic heterocycles. The van der Waals surface area contributed by atoms with Crippen molar-refractivity contribution in [1.82, 2.24) is 39.9 Å². The maximum atomic E-state index is 5.92. The molecule has 8 aromatic rings. The van der Waals surface area contributed by atoms with Crippen molar-refractivity contribution in [3.05, 3.63) is 125 Å². The minimum Gasteiger partial charge on any atom is -0.497 e. The highest BCUT2D eigenvalue weighted by atomic mass is 16.6. The van der Waals surface area contributed by atoms with Gasteiger partial charge in [0.2, 0.25) is 5.75 Å². The quantitative estimate of drug-likeness (QED) is 0.0221. The van der Waals surface area contributed by atoms with Crippen LogP contribution in [0.3, 0.4) is 0 Å². The number of benzene rings is 4. The Balaban J connectivity index is 0.000000191. The molecule has 31 heteroatoms. The zero-order chi connectivity index (χ0) is 64.8. The highest BCUT2D eigenvalue weighted by Crippen LogP contribution is 2.41. The molecule has 0 atom stereocenters. The number of anilines is 12. The number of nitrogens with zero attached hydrogens (tertiary/aromatic N) is 12. The summed E-state index contributed by atoms with van der Waals surface area (Å²) >= 11 is 0. The summed E-state index contributed by atoms with van der Waals surface area (Å²) in [6.07, 6.45) is 16.0. The van der Waals surface area contributed by atoms with Crippen molar-refractivity contribution in [1.29, 1.82) is 0 Å². The van der Waals surface area contributed by atoms with E-state index in [1.165, 1.54) is 110 Å². The Morgan fingerprint density at radius 1 is 0.378 bits per heavy atom. The molecule has 90 heavy (non-hydrogen) atoms. The Hall–Kier alpha value is -11.9. The Morgan fingerprint density at radius 2 is 0.767 bits per heavy atom. The lowest BCUT2D eigenvalue weighted by atomic mass is 9.90. The third-order valence-corrected chi connectivity index (χ3v) is 12.6. The fourth-order valence-electron chi connectivity index (χ4n) is 8.35. The van der Waals surface area contributed by atoms with Crippen LogP contribution >= 0.6 is 0 Å². The number of aryl methyl sites for hydroxylation is 1. The van der Waals surface area contributed by atoms with Gasteiger partial charge in [0.05, 0.1) is 96.9 Å². The van der Waals surface area contributed by atoms with Crippen molar-refractivity contribution in [2.24, 2.45) is 20.6 Å². The van der Waals surface area contributed by atoms with E-state index in [9.17, 15) is 0 Å². The Kier molecular flexibility index (Phi) is 26.1. The first-order valence-electron chi connectivity index (χ1n) is 26.9. The van der Waals surface area contributed by atoms with Gasteiger partial charge in [0.25, 0.3) is 0 Å². The third-order valence-electron chi connectivity index (χ3n) is 12.6. The molecule has 4 heterocycles. The predicted molar refractivity (Wildman–Crippen MR) is 346 cm³/mol. The van der Waals surface area contributed by atoms with Crippen LogP contribution in [0.5, 0.6) is 40.2 Å². The Bertz CT molecular complexity index is 3700. The van der Waals surface area contributed by atoms with Crippen LogP contribution in [0.4, 0.5) is 69.3 Å². The number of nitrogen functional groups attached to an aromatic ring is 4. The van der Waals surface area contributed by atoms with Crippen LogP contribution in [-0.2, 0) is 32.2 Å². The summed E-state index contributed by atoms with van der Waals surface area (Å²) in [5.41, 5.74) is 31.6. The van der Waals surface area contributed by atoms with Gasteiger partial charge in [-0.3, -0.25) is 0 Å². The minimum absolute atomic E-state index is 0.265. The monoisotopic (exact) mass is 1240 g/mol. The molecule has 31 nitrogen and oxygen atoms in total. The summed E-state index contributed by atoms with van der Waals surface area (Å²) < 4.78 is 36.9. The lowest BCUT2D eigenvalue weighted by Gasteiger charge is -2.20. The molecule has 0 amide bonds. The Morgan fingerprint density at radius 3 is 1.17 bits per heavy atom.